The Morgan fingerprint density at radius 3 is 2.50 bits per heavy atom. The number of sulfone groups is 1. The summed E-state index contributed by atoms with van der Waals surface area (Å²) in [5, 5.41) is 10.7. The van der Waals surface area contributed by atoms with Crippen LogP contribution in [0.15, 0.2) is 41.2 Å². The lowest BCUT2D eigenvalue weighted by atomic mass is 10.0. The van der Waals surface area contributed by atoms with Gasteiger partial charge in [-0.15, -0.1) is 0 Å². The normalized spacial score (nSPS) is 17.7. The van der Waals surface area contributed by atoms with Crippen LogP contribution in [-0.4, -0.2) is 91.8 Å². The maximum atomic E-state index is 13.5. The number of hydrogen-bond donors (Lipinski definition) is 2. The SMILES string of the molecule is O=C(NCc1ccc(Cl)cc1)c1n[nH]c2c(C#CCN3CCS(=O)(=O)CC3)cc(CN3CCOCC3)cc2c1=O. The number of ether oxygens (including phenoxy) is 1. The van der Waals surface area contributed by atoms with Crippen LogP contribution < -0.4 is 10.7 Å². The molecule has 2 N–H and O–H groups in total. The fourth-order valence-electron chi connectivity index (χ4n) is 4.68. The number of aromatic nitrogens is 2. The minimum absolute atomic E-state index is 0.132. The molecule has 2 aromatic carbocycles. The standard InChI is InChI=1S/C28H30ClN5O5S/c29-23-5-3-20(4-6-23)18-30-28(36)26-27(35)24-17-21(19-34-8-12-39-13-9-34)16-22(25(24)31-32-26)2-1-7-33-10-14-40(37,38)15-11-33/h3-6,16-17H,7-15,18-19H2,(H,30,36)(H,31,35). The summed E-state index contributed by atoms with van der Waals surface area (Å²) in [6, 6.07) is 10.8. The van der Waals surface area contributed by atoms with Gasteiger partial charge in [-0.3, -0.25) is 24.5 Å². The van der Waals surface area contributed by atoms with Crippen LogP contribution >= 0.6 is 11.6 Å². The van der Waals surface area contributed by atoms with Crippen LogP contribution in [0.1, 0.15) is 27.2 Å². The van der Waals surface area contributed by atoms with Crippen LogP contribution in [-0.2, 0) is 27.7 Å². The molecule has 0 bridgehead atoms. The van der Waals surface area contributed by atoms with Crippen LogP contribution in [0.5, 0.6) is 0 Å². The first-order valence-electron chi connectivity index (χ1n) is 13.1. The van der Waals surface area contributed by atoms with E-state index in [9.17, 15) is 18.0 Å². The molecule has 10 nitrogen and oxygen atoms in total. The first kappa shape index (κ1) is 28.3. The van der Waals surface area contributed by atoms with E-state index in [1.807, 2.05) is 11.0 Å². The van der Waals surface area contributed by atoms with Gasteiger partial charge in [0.05, 0.1) is 47.7 Å². The topological polar surface area (TPSA) is 125 Å². The minimum atomic E-state index is -2.97. The fourth-order valence-corrected chi connectivity index (χ4v) is 6.08. The van der Waals surface area contributed by atoms with Gasteiger partial charge in [-0.1, -0.05) is 35.6 Å². The highest BCUT2D eigenvalue weighted by atomic mass is 35.5. The number of rotatable bonds is 6. The number of carbonyl (C=O) groups excluding carboxylic acids is 1. The maximum Gasteiger partial charge on any atom is 0.276 e. The third kappa shape index (κ3) is 7.08. The number of H-pyrrole nitrogens is 1. The van der Waals surface area contributed by atoms with Crippen molar-refractivity contribution in [2.24, 2.45) is 0 Å². The second-order valence-corrected chi connectivity index (χ2v) is 12.6. The van der Waals surface area contributed by atoms with Crippen molar-refractivity contribution >= 4 is 38.2 Å². The largest absolute Gasteiger partial charge is 0.379 e. The Morgan fingerprint density at radius 1 is 1.05 bits per heavy atom. The fraction of sp³-hybridized carbons (Fsp3) is 0.393. The predicted molar refractivity (Wildman–Crippen MR) is 153 cm³/mol. The average molecular weight is 584 g/mol. The third-order valence-electron chi connectivity index (χ3n) is 6.99. The molecule has 2 aliphatic rings. The second kappa shape index (κ2) is 12.5. The van der Waals surface area contributed by atoms with E-state index in [1.165, 1.54) is 0 Å². The zero-order chi connectivity index (χ0) is 28.1. The molecule has 0 saturated carbocycles. The Kier molecular flexibility index (Phi) is 8.83. The predicted octanol–water partition coefficient (Wildman–Crippen LogP) is 1.42. The monoisotopic (exact) mass is 583 g/mol. The van der Waals surface area contributed by atoms with E-state index in [2.05, 4.69) is 32.3 Å². The molecule has 40 heavy (non-hydrogen) atoms. The van der Waals surface area contributed by atoms with Crippen molar-refractivity contribution in [1.29, 1.82) is 0 Å². The van der Waals surface area contributed by atoms with E-state index < -0.39 is 21.2 Å². The molecule has 5 rings (SSSR count). The van der Waals surface area contributed by atoms with Gasteiger partial charge in [0.15, 0.2) is 15.5 Å². The summed E-state index contributed by atoms with van der Waals surface area (Å²) in [6.07, 6.45) is 0. The number of nitrogens with one attached hydrogen (secondary N) is 2. The zero-order valence-electron chi connectivity index (χ0n) is 21.9. The van der Waals surface area contributed by atoms with Gasteiger partial charge in [0.25, 0.3) is 5.91 Å². The number of fused-ring (bicyclic) bond motifs is 1. The number of amides is 1. The molecule has 3 heterocycles. The third-order valence-corrected chi connectivity index (χ3v) is 8.85. The molecule has 0 spiro atoms. The minimum Gasteiger partial charge on any atom is -0.379 e. The van der Waals surface area contributed by atoms with Gasteiger partial charge < -0.3 is 10.1 Å². The summed E-state index contributed by atoms with van der Waals surface area (Å²) in [5.41, 5.74) is 2.09. The van der Waals surface area contributed by atoms with Gasteiger partial charge in [0.2, 0.25) is 5.43 Å². The zero-order valence-corrected chi connectivity index (χ0v) is 23.5. The Morgan fingerprint density at radius 2 is 1.77 bits per heavy atom. The lowest BCUT2D eigenvalue weighted by Crippen LogP contribution is -2.40. The number of aromatic amines is 1. The number of halogens is 1. The van der Waals surface area contributed by atoms with Crippen molar-refractivity contribution in [3.05, 3.63) is 74.0 Å². The van der Waals surface area contributed by atoms with Gasteiger partial charge in [0, 0.05) is 44.3 Å². The van der Waals surface area contributed by atoms with Gasteiger partial charge in [0.1, 0.15) is 0 Å². The van der Waals surface area contributed by atoms with Crippen LogP contribution in [0.3, 0.4) is 0 Å². The molecule has 0 aliphatic carbocycles. The quantitative estimate of drug-likeness (QED) is 0.418. The smallest absolute Gasteiger partial charge is 0.276 e. The van der Waals surface area contributed by atoms with Crippen LogP contribution in [0.25, 0.3) is 10.9 Å². The lowest BCUT2D eigenvalue weighted by Gasteiger charge is -2.26. The highest BCUT2D eigenvalue weighted by Gasteiger charge is 2.21. The van der Waals surface area contributed by atoms with Crippen molar-refractivity contribution < 1.29 is 17.9 Å². The maximum absolute atomic E-state index is 13.5. The van der Waals surface area contributed by atoms with Gasteiger partial charge in [-0.25, -0.2) is 8.42 Å². The summed E-state index contributed by atoms with van der Waals surface area (Å²) in [6.45, 7) is 4.99. The molecule has 0 atom stereocenters. The van der Waals surface area contributed by atoms with Gasteiger partial charge in [-0.05, 0) is 35.4 Å². The molecule has 1 aromatic heterocycles. The van der Waals surface area contributed by atoms with Crippen LogP contribution in [0, 0.1) is 11.8 Å². The molecule has 0 radical (unpaired) electrons. The van der Waals surface area contributed by atoms with Gasteiger partial charge in [-0.2, -0.15) is 5.10 Å². The number of benzene rings is 2. The van der Waals surface area contributed by atoms with E-state index in [1.54, 1.807) is 30.3 Å². The molecule has 2 aliphatic heterocycles. The van der Waals surface area contributed by atoms with Crippen molar-refractivity contribution in [1.82, 2.24) is 25.3 Å². The molecular weight excluding hydrogens is 554 g/mol. The van der Waals surface area contributed by atoms with E-state index in [0.717, 1.165) is 24.2 Å². The van der Waals surface area contributed by atoms with Crippen LogP contribution in [0.2, 0.25) is 5.02 Å². The van der Waals surface area contributed by atoms with Crippen molar-refractivity contribution in [2.45, 2.75) is 13.1 Å². The Labute approximate surface area is 237 Å². The summed E-state index contributed by atoms with van der Waals surface area (Å²) >= 11 is 5.93. The Hall–Kier alpha value is -3.27. The van der Waals surface area contributed by atoms with E-state index >= 15 is 0 Å². The number of carbonyl (C=O) groups is 1. The molecule has 2 fully saturated rings. The Bertz CT molecular complexity index is 1610. The molecule has 1 amide bonds. The molecule has 210 valence electrons. The molecule has 12 heteroatoms. The van der Waals surface area contributed by atoms with E-state index in [0.29, 0.717) is 60.9 Å². The number of morpholine rings is 1. The summed E-state index contributed by atoms with van der Waals surface area (Å²) in [4.78, 5) is 30.6. The number of hydrogen-bond acceptors (Lipinski definition) is 8. The summed E-state index contributed by atoms with van der Waals surface area (Å²) in [5.74, 6) is 5.97. The molecule has 2 saturated heterocycles. The second-order valence-electron chi connectivity index (χ2n) is 9.89. The average Bonchev–Trinajstić information content (AvgIpc) is 2.94. The first-order chi connectivity index (χ1) is 19.3. The molecule has 0 unspecified atom stereocenters. The lowest BCUT2D eigenvalue weighted by molar-refractivity contribution is 0.0342. The number of nitrogens with zero attached hydrogens (tertiary/aromatic N) is 3. The molecular formula is C28H30ClN5O5S. The van der Waals surface area contributed by atoms with Crippen molar-refractivity contribution in [3.63, 3.8) is 0 Å². The summed E-state index contributed by atoms with van der Waals surface area (Å²) in [7, 11) is -2.97. The van der Waals surface area contributed by atoms with E-state index in [4.69, 9.17) is 16.3 Å². The van der Waals surface area contributed by atoms with Crippen molar-refractivity contribution in [3.8, 4) is 11.8 Å². The highest BCUT2D eigenvalue weighted by molar-refractivity contribution is 7.91. The highest BCUT2D eigenvalue weighted by Crippen LogP contribution is 2.18. The molecule has 3 aromatic rings. The summed E-state index contributed by atoms with van der Waals surface area (Å²) < 4.78 is 28.9. The van der Waals surface area contributed by atoms with Crippen molar-refractivity contribution in [2.75, 3.05) is 57.4 Å². The van der Waals surface area contributed by atoms with Gasteiger partial charge >= 0.3 is 0 Å². The Balaban J connectivity index is 1.42. The first-order valence-corrected chi connectivity index (χ1v) is 15.3. The van der Waals surface area contributed by atoms with Crippen LogP contribution in [0.4, 0.5) is 0 Å². The van der Waals surface area contributed by atoms with E-state index in [-0.39, 0.29) is 23.7 Å².